The van der Waals surface area contributed by atoms with E-state index in [1.54, 1.807) is 0 Å². The van der Waals surface area contributed by atoms with Crippen LogP contribution in [0.4, 0.5) is 0 Å². The first-order valence-electron chi connectivity index (χ1n) is 30.7. The third kappa shape index (κ3) is 59.1. The second-order valence-electron chi connectivity index (χ2n) is 20.2. The molecule has 0 amide bonds. The Kier molecular flexibility index (Phi) is 57.8. The second kappa shape index (κ2) is 60.9. The summed E-state index contributed by atoms with van der Waals surface area (Å²) >= 11 is 0. The van der Waals surface area contributed by atoms with Crippen LogP contribution in [-0.2, 0) is 28.6 Å². The van der Waals surface area contributed by atoms with Crippen molar-refractivity contribution in [1.82, 2.24) is 0 Å². The molecule has 0 N–H and O–H groups in total. The van der Waals surface area contributed by atoms with Gasteiger partial charge in [-0.1, -0.05) is 266 Å². The zero-order valence-corrected chi connectivity index (χ0v) is 47.9. The van der Waals surface area contributed by atoms with Gasteiger partial charge in [0.1, 0.15) is 13.2 Å². The zero-order valence-electron chi connectivity index (χ0n) is 47.9. The molecule has 0 saturated carbocycles. The van der Waals surface area contributed by atoms with Crippen molar-refractivity contribution in [2.45, 2.75) is 297 Å². The van der Waals surface area contributed by atoms with E-state index in [0.29, 0.717) is 19.3 Å². The maximum atomic E-state index is 12.9. The summed E-state index contributed by atoms with van der Waals surface area (Å²) in [6.07, 6.45) is 81.3. The van der Waals surface area contributed by atoms with Crippen LogP contribution in [0.15, 0.2) is 97.2 Å². The van der Waals surface area contributed by atoms with Crippen LogP contribution in [0.3, 0.4) is 0 Å². The van der Waals surface area contributed by atoms with E-state index in [4.69, 9.17) is 14.2 Å². The molecule has 6 heteroatoms. The highest BCUT2D eigenvalue weighted by molar-refractivity contribution is 5.71. The minimum atomic E-state index is -0.785. The molecule has 1 atom stereocenters. The van der Waals surface area contributed by atoms with Gasteiger partial charge in [0.2, 0.25) is 0 Å². The average molecular weight is 1020 g/mol. The minimum Gasteiger partial charge on any atom is -0.462 e. The molecule has 0 fully saturated rings. The molecule has 0 aromatic carbocycles. The van der Waals surface area contributed by atoms with Crippen LogP contribution in [-0.4, -0.2) is 37.2 Å². The quantitative estimate of drug-likeness (QED) is 0.0261. The van der Waals surface area contributed by atoms with Crippen molar-refractivity contribution in [2.24, 2.45) is 0 Å². The zero-order chi connectivity index (χ0) is 52.9. The molecule has 0 saturated heterocycles. The highest BCUT2D eigenvalue weighted by atomic mass is 16.6. The van der Waals surface area contributed by atoms with Crippen molar-refractivity contribution >= 4 is 17.9 Å². The Bertz CT molecular complexity index is 1440. The molecule has 1 unspecified atom stereocenters. The van der Waals surface area contributed by atoms with E-state index in [9.17, 15) is 14.4 Å². The second-order valence-corrected chi connectivity index (χ2v) is 20.2. The molecule has 0 radical (unpaired) electrons. The number of carbonyl (C=O) groups is 3. The van der Waals surface area contributed by atoms with Gasteiger partial charge in [0, 0.05) is 19.3 Å². The first-order valence-corrected chi connectivity index (χ1v) is 30.7. The van der Waals surface area contributed by atoms with Gasteiger partial charge in [-0.2, -0.15) is 0 Å². The summed E-state index contributed by atoms with van der Waals surface area (Å²) in [6.45, 7) is 6.50. The number of unbranched alkanes of at least 4 members (excludes halogenated alkanes) is 28. The van der Waals surface area contributed by atoms with Gasteiger partial charge < -0.3 is 14.2 Å². The van der Waals surface area contributed by atoms with Gasteiger partial charge in [0.15, 0.2) is 6.10 Å². The Labute approximate surface area is 451 Å². The third-order valence-corrected chi connectivity index (χ3v) is 13.1. The van der Waals surface area contributed by atoms with Crippen molar-refractivity contribution < 1.29 is 28.6 Å². The summed E-state index contributed by atoms with van der Waals surface area (Å²) in [5, 5.41) is 0. The molecule has 73 heavy (non-hydrogen) atoms. The van der Waals surface area contributed by atoms with Gasteiger partial charge in [-0.05, 0) is 103 Å². The number of carbonyl (C=O) groups excluding carboxylic acids is 3. The molecule has 0 bridgehead atoms. The smallest absolute Gasteiger partial charge is 0.306 e. The number of esters is 3. The Morgan fingerprint density at radius 2 is 0.534 bits per heavy atom. The van der Waals surface area contributed by atoms with Crippen molar-refractivity contribution in [3.05, 3.63) is 97.2 Å². The maximum Gasteiger partial charge on any atom is 0.306 e. The van der Waals surface area contributed by atoms with Crippen LogP contribution in [0.1, 0.15) is 290 Å². The summed E-state index contributed by atoms with van der Waals surface area (Å²) in [5.41, 5.74) is 0. The number of ether oxygens (including phenoxy) is 3. The Hall–Kier alpha value is -3.67. The number of hydrogen-bond acceptors (Lipinski definition) is 6. The van der Waals surface area contributed by atoms with E-state index in [-0.39, 0.29) is 31.1 Å². The summed E-state index contributed by atoms with van der Waals surface area (Å²) in [6, 6.07) is 0. The number of rotatable bonds is 55. The van der Waals surface area contributed by atoms with Gasteiger partial charge in [-0.15, -0.1) is 0 Å². The molecule has 0 aromatic rings. The Morgan fingerprint density at radius 3 is 0.849 bits per heavy atom. The van der Waals surface area contributed by atoms with Crippen LogP contribution in [0.2, 0.25) is 0 Å². The molecule has 418 valence electrons. The van der Waals surface area contributed by atoms with Crippen molar-refractivity contribution in [3.63, 3.8) is 0 Å². The van der Waals surface area contributed by atoms with Gasteiger partial charge in [-0.25, -0.2) is 0 Å². The van der Waals surface area contributed by atoms with Crippen LogP contribution in [0.25, 0.3) is 0 Å². The highest BCUT2D eigenvalue weighted by Crippen LogP contribution is 2.15. The number of allylic oxidation sites excluding steroid dienone is 16. The summed E-state index contributed by atoms with van der Waals surface area (Å²) in [7, 11) is 0. The first-order chi connectivity index (χ1) is 36.0. The van der Waals surface area contributed by atoms with Gasteiger partial charge in [0.05, 0.1) is 0 Å². The molecule has 0 aliphatic carbocycles. The van der Waals surface area contributed by atoms with Crippen molar-refractivity contribution in [2.75, 3.05) is 13.2 Å². The molecular weight excluding hydrogens is 901 g/mol. The minimum absolute atomic E-state index is 0.0827. The molecule has 0 spiro atoms. The monoisotopic (exact) mass is 1010 g/mol. The van der Waals surface area contributed by atoms with E-state index < -0.39 is 6.10 Å². The van der Waals surface area contributed by atoms with Gasteiger partial charge >= 0.3 is 17.9 Å². The molecule has 0 rings (SSSR count). The molecule has 0 aromatic heterocycles. The normalized spacial score (nSPS) is 12.8. The largest absolute Gasteiger partial charge is 0.462 e. The lowest BCUT2D eigenvalue weighted by Crippen LogP contribution is -2.30. The van der Waals surface area contributed by atoms with E-state index in [0.717, 1.165) is 122 Å². The molecule has 0 heterocycles. The first kappa shape index (κ1) is 69.3. The standard InChI is InChI=1S/C67H114O6/c1-4-7-10-13-16-19-21-23-25-27-29-30-31-32-33-34-35-36-38-39-41-43-45-48-51-54-57-60-66(69)72-63-64(62-71-65(68)59-56-53-50-47-18-15-12-9-6-3)73-67(70)61-58-55-52-49-46-44-42-40-37-28-26-24-22-20-17-14-11-8-5-2/h7,10,16,19,23-26,29-30,32-33,35-36,39,41,64H,4-6,8-9,11-15,17-18,20-22,27-28,31,34,37-38,40,42-63H2,1-3H3/b10-7-,19-16-,25-23-,26-24-,30-29-,33-32-,36-35-,41-39-. The van der Waals surface area contributed by atoms with Gasteiger partial charge in [-0.3, -0.25) is 14.4 Å². The lowest BCUT2D eigenvalue weighted by molar-refractivity contribution is -0.167. The Balaban J connectivity index is 4.29. The van der Waals surface area contributed by atoms with Crippen LogP contribution in [0, 0.1) is 0 Å². The highest BCUT2D eigenvalue weighted by Gasteiger charge is 2.19. The molecular formula is C67H114O6. The van der Waals surface area contributed by atoms with Crippen molar-refractivity contribution in [3.8, 4) is 0 Å². The molecule has 6 nitrogen and oxygen atoms in total. The van der Waals surface area contributed by atoms with E-state index in [2.05, 4.69) is 118 Å². The third-order valence-electron chi connectivity index (χ3n) is 13.1. The van der Waals surface area contributed by atoms with Crippen LogP contribution < -0.4 is 0 Å². The van der Waals surface area contributed by atoms with E-state index in [1.165, 1.54) is 128 Å². The fraction of sp³-hybridized carbons (Fsp3) is 0.716. The topological polar surface area (TPSA) is 78.9 Å². The van der Waals surface area contributed by atoms with E-state index in [1.807, 2.05) is 0 Å². The Morgan fingerprint density at radius 1 is 0.288 bits per heavy atom. The average Bonchev–Trinajstić information content (AvgIpc) is 3.39. The lowest BCUT2D eigenvalue weighted by Gasteiger charge is -2.18. The van der Waals surface area contributed by atoms with E-state index >= 15 is 0 Å². The number of hydrogen-bond donors (Lipinski definition) is 0. The van der Waals surface area contributed by atoms with Crippen LogP contribution in [0.5, 0.6) is 0 Å². The van der Waals surface area contributed by atoms with Gasteiger partial charge in [0.25, 0.3) is 0 Å². The summed E-state index contributed by atoms with van der Waals surface area (Å²) in [4.78, 5) is 38.1. The summed E-state index contributed by atoms with van der Waals surface area (Å²) in [5.74, 6) is -0.901. The fourth-order valence-corrected chi connectivity index (χ4v) is 8.48. The fourth-order valence-electron chi connectivity index (χ4n) is 8.48. The van der Waals surface area contributed by atoms with Crippen molar-refractivity contribution in [1.29, 1.82) is 0 Å². The summed E-state index contributed by atoms with van der Waals surface area (Å²) < 4.78 is 16.8. The predicted molar refractivity (Wildman–Crippen MR) is 316 cm³/mol. The molecule has 0 aliphatic heterocycles. The SMILES string of the molecule is CC/C=C\C/C=C\C/C=C\C/C=C\C/C=C\C/C=C\C/C=C\CCCCCCCC(=O)OCC(COC(=O)CCCCCCCCCCC)OC(=O)CCCCCCCCCCC/C=C\CCCCCCCC. The molecule has 0 aliphatic rings. The van der Waals surface area contributed by atoms with Crippen LogP contribution >= 0.6 is 0 Å². The maximum absolute atomic E-state index is 12.9. The lowest BCUT2D eigenvalue weighted by atomic mass is 10.1. The predicted octanol–water partition coefficient (Wildman–Crippen LogP) is 20.9.